The number of esters is 1. The zero-order chi connectivity index (χ0) is 14.4. The van der Waals surface area contributed by atoms with Gasteiger partial charge in [0.2, 0.25) is 0 Å². The number of rotatable bonds is 4. The molecule has 0 heterocycles. The third-order valence-corrected chi connectivity index (χ3v) is 2.85. The average Bonchev–Trinajstić information content (AvgIpc) is 2.43. The minimum Gasteiger partial charge on any atom is -0.465 e. The van der Waals surface area contributed by atoms with Crippen LogP contribution in [0.2, 0.25) is 0 Å². The first kappa shape index (κ1) is 14.9. The molecule has 0 atom stereocenters. The minimum absolute atomic E-state index is 0.0485. The molecule has 0 aliphatic carbocycles. The van der Waals surface area contributed by atoms with Crippen LogP contribution in [0.15, 0.2) is 47.1 Å². The Kier molecular flexibility index (Phi) is 5.24. The lowest BCUT2D eigenvalue weighted by Gasteiger charge is -2.07. The largest absolute Gasteiger partial charge is 0.465 e. The summed E-state index contributed by atoms with van der Waals surface area (Å²) in [4.78, 5) is 24.0. The molecule has 100 valence electrons. The summed E-state index contributed by atoms with van der Waals surface area (Å²) in [5.74, 6) is -0.912. The van der Waals surface area contributed by atoms with E-state index in [2.05, 4.69) is 4.74 Å². The topological polar surface area (TPSA) is 43.4 Å². The highest BCUT2D eigenvalue weighted by Crippen LogP contribution is 2.15. The molecule has 19 heavy (non-hydrogen) atoms. The van der Waals surface area contributed by atoms with Crippen molar-refractivity contribution in [1.82, 2.24) is 0 Å². The Balaban J connectivity index is 3.25. The number of hydrogen-bond donors (Lipinski definition) is 0. The lowest BCUT2D eigenvalue weighted by atomic mass is 9.99. The molecule has 0 amide bonds. The van der Waals surface area contributed by atoms with E-state index in [1.807, 2.05) is 44.2 Å². The van der Waals surface area contributed by atoms with E-state index in [9.17, 15) is 9.59 Å². The monoisotopic (exact) mass is 258 g/mol. The van der Waals surface area contributed by atoms with Gasteiger partial charge in [-0.25, -0.2) is 4.79 Å². The van der Waals surface area contributed by atoms with Crippen LogP contribution in [0.5, 0.6) is 0 Å². The first-order valence-electron chi connectivity index (χ1n) is 6.01. The van der Waals surface area contributed by atoms with Gasteiger partial charge in [0.05, 0.1) is 7.11 Å². The second kappa shape index (κ2) is 6.69. The lowest BCUT2D eigenvalue weighted by Crippen LogP contribution is -2.15. The predicted octanol–water partition coefficient (Wildman–Crippen LogP) is 3.17. The van der Waals surface area contributed by atoms with E-state index in [1.54, 1.807) is 13.0 Å². The fraction of sp³-hybridized carbons (Fsp3) is 0.250. The number of Topliss-reactive ketones (excluding diaryl/α,β-unsaturated/α-hetero) is 1. The standard InChI is InChI=1S/C16H18O3/c1-11(2)12(3)15(17)14(16(18)19-4)10-13-8-6-5-7-9-13/h5-10H,1-4H3/b14-10-. The van der Waals surface area contributed by atoms with E-state index in [0.717, 1.165) is 11.1 Å². The number of hydrogen-bond acceptors (Lipinski definition) is 3. The van der Waals surface area contributed by atoms with Gasteiger partial charge in [0.1, 0.15) is 5.57 Å². The maximum Gasteiger partial charge on any atom is 0.341 e. The number of benzene rings is 1. The van der Waals surface area contributed by atoms with Crippen molar-refractivity contribution in [3.05, 3.63) is 52.6 Å². The van der Waals surface area contributed by atoms with Crippen molar-refractivity contribution in [3.8, 4) is 0 Å². The van der Waals surface area contributed by atoms with Crippen LogP contribution in [0.3, 0.4) is 0 Å². The van der Waals surface area contributed by atoms with Crippen LogP contribution >= 0.6 is 0 Å². The van der Waals surface area contributed by atoms with Gasteiger partial charge in [-0.15, -0.1) is 0 Å². The van der Waals surface area contributed by atoms with Crippen LogP contribution in [0, 0.1) is 0 Å². The number of allylic oxidation sites excluding steroid dienone is 2. The molecule has 1 aromatic carbocycles. The minimum atomic E-state index is -0.616. The number of ether oxygens (including phenoxy) is 1. The molecule has 3 nitrogen and oxygen atoms in total. The molecule has 0 radical (unpaired) electrons. The molecule has 0 aromatic heterocycles. The molecular weight excluding hydrogens is 240 g/mol. The highest BCUT2D eigenvalue weighted by molar-refractivity contribution is 6.26. The Morgan fingerprint density at radius 1 is 1.05 bits per heavy atom. The quantitative estimate of drug-likeness (QED) is 0.360. The van der Waals surface area contributed by atoms with Crippen LogP contribution in [-0.4, -0.2) is 18.9 Å². The molecule has 0 aliphatic heterocycles. The smallest absolute Gasteiger partial charge is 0.341 e. The molecule has 0 N–H and O–H groups in total. The van der Waals surface area contributed by atoms with Crippen molar-refractivity contribution in [3.63, 3.8) is 0 Å². The van der Waals surface area contributed by atoms with Crippen molar-refractivity contribution >= 4 is 17.8 Å². The highest BCUT2D eigenvalue weighted by Gasteiger charge is 2.20. The molecule has 1 rings (SSSR count). The van der Waals surface area contributed by atoms with Crippen molar-refractivity contribution in [2.75, 3.05) is 7.11 Å². The van der Waals surface area contributed by atoms with E-state index in [-0.39, 0.29) is 11.4 Å². The van der Waals surface area contributed by atoms with Crippen LogP contribution in [0.4, 0.5) is 0 Å². The van der Waals surface area contributed by atoms with Crippen molar-refractivity contribution < 1.29 is 14.3 Å². The summed E-state index contributed by atoms with van der Waals surface area (Å²) in [5.41, 5.74) is 2.28. The van der Waals surface area contributed by atoms with E-state index in [0.29, 0.717) is 5.57 Å². The third kappa shape index (κ3) is 3.91. The molecule has 0 aliphatic rings. The molecule has 0 fully saturated rings. The summed E-state index contributed by atoms with van der Waals surface area (Å²) in [7, 11) is 1.27. The van der Waals surface area contributed by atoms with Gasteiger partial charge in [0.25, 0.3) is 0 Å². The summed E-state index contributed by atoms with van der Waals surface area (Å²) in [5, 5.41) is 0. The molecule has 0 spiro atoms. The summed E-state index contributed by atoms with van der Waals surface area (Å²) in [6.07, 6.45) is 1.56. The van der Waals surface area contributed by atoms with E-state index >= 15 is 0 Å². The van der Waals surface area contributed by atoms with E-state index < -0.39 is 5.97 Å². The zero-order valence-corrected chi connectivity index (χ0v) is 11.7. The molecule has 1 aromatic rings. The summed E-state index contributed by atoms with van der Waals surface area (Å²) < 4.78 is 4.68. The Labute approximate surface area is 113 Å². The summed E-state index contributed by atoms with van der Waals surface area (Å²) >= 11 is 0. The van der Waals surface area contributed by atoms with E-state index in [1.165, 1.54) is 7.11 Å². The molecule has 3 heteroatoms. The van der Waals surface area contributed by atoms with E-state index in [4.69, 9.17) is 0 Å². The Morgan fingerprint density at radius 3 is 2.11 bits per heavy atom. The molecule has 0 unspecified atom stereocenters. The first-order valence-corrected chi connectivity index (χ1v) is 6.01. The van der Waals surface area contributed by atoms with Gasteiger partial charge in [0.15, 0.2) is 5.78 Å². The van der Waals surface area contributed by atoms with Crippen molar-refractivity contribution in [2.24, 2.45) is 0 Å². The lowest BCUT2D eigenvalue weighted by molar-refractivity contribution is -0.137. The maximum atomic E-state index is 12.3. The second-order valence-corrected chi connectivity index (χ2v) is 4.41. The van der Waals surface area contributed by atoms with Gasteiger partial charge in [-0.2, -0.15) is 0 Å². The maximum absolute atomic E-state index is 12.3. The fourth-order valence-corrected chi connectivity index (χ4v) is 1.47. The second-order valence-electron chi connectivity index (χ2n) is 4.41. The van der Waals surface area contributed by atoms with Crippen LogP contribution in [0.1, 0.15) is 26.3 Å². The van der Waals surface area contributed by atoms with Gasteiger partial charge in [-0.05, 0) is 38.0 Å². The molecular formula is C16H18O3. The average molecular weight is 258 g/mol. The first-order chi connectivity index (χ1) is 8.97. The zero-order valence-electron chi connectivity index (χ0n) is 11.7. The fourth-order valence-electron chi connectivity index (χ4n) is 1.47. The normalized spacial score (nSPS) is 10.8. The number of carbonyl (C=O) groups excluding carboxylic acids is 2. The predicted molar refractivity (Wildman–Crippen MR) is 75.5 cm³/mol. The van der Waals surface area contributed by atoms with Gasteiger partial charge in [-0.1, -0.05) is 35.9 Å². The molecule has 0 saturated carbocycles. The van der Waals surface area contributed by atoms with Gasteiger partial charge in [-0.3, -0.25) is 4.79 Å². The highest BCUT2D eigenvalue weighted by atomic mass is 16.5. The number of ketones is 1. The number of methoxy groups -OCH3 is 1. The van der Waals surface area contributed by atoms with Crippen molar-refractivity contribution in [1.29, 1.82) is 0 Å². The van der Waals surface area contributed by atoms with Gasteiger partial charge < -0.3 is 4.74 Å². The van der Waals surface area contributed by atoms with Crippen LogP contribution in [0.25, 0.3) is 6.08 Å². The Morgan fingerprint density at radius 2 is 1.63 bits per heavy atom. The molecule has 0 saturated heterocycles. The van der Waals surface area contributed by atoms with Gasteiger partial charge in [0, 0.05) is 0 Å². The number of carbonyl (C=O) groups is 2. The Hall–Kier alpha value is -2.16. The van der Waals surface area contributed by atoms with Crippen molar-refractivity contribution in [2.45, 2.75) is 20.8 Å². The SMILES string of the molecule is COC(=O)/C(=C\c1ccccc1)C(=O)C(C)=C(C)C. The molecule has 0 bridgehead atoms. The summed E-state index contributed by atoms with van der Waals surface area (Å²) in [6.45, 7) is 5.38. The Bertz CT molecular complexity index is 532. The van der Waals surface area contributed by atoms with Crippen LogP contribution < -0.4 is 0 Å². The van der Waals surface area contributed by atoms with Crippen LogP contribution in [-0.2, 0) is 14.3 Å². The summed E-state index contributed by atoms with van der Waals surface area (Å²) in [6, 6.07) is 9.22. The third-order valence-electron chi connectivity index (χ3n) is 2.85. The van der Waals surface area contributed by atoms with Gasteiger partial charge >= 0.3 is 5.97 Å².